The first kappa shape index (κ1) is 20.3. The molecule has 0 saturated carbocycles. The summed E-state index contributed by atoms with van der Waals surface area (Å²) < 4.78 is 22.6. The highest BCUT2D eigenvalue weighted by Gasteiger charge is 2.53. The van der Waals surface area contributed by atoms with Crippen LogP contribution in [0.3, 0.4) is 0 Å². The van der Waals surface area contributed by atoms with Crippen molar-refractivity contribution in [2.75, 3.05) is 13.2 Å². The highest BCUT2D eigenvalue weighted by molar-refractivity contribution is 5.54. The van der Waals surface area contributed by atoms with Crippen LogP contribution >= 0.6 is 0 Å². The van der Waals surface area contributed by atoms with Gasteiger partial charge in [-0.2, -0.15) is 0 Å². The van der Waals surface area contributed by atoms with Crippen molar-refractivity contribution in [2.45, 2.75) is 42.4 Å². The van der Waals surface area contributed by atoms with Crippen LogP contribution in [0.15, 0.2) is 36.4 Å². The fraction of sp³-hybridized carbons (Fsp3) is 0.429. The minimum atomic E-state index is -1.55. The molecule has 0 aliphatic carbocycles. The lowest BCUT2D eigenvalue weighted by atomic mass is 9.85. The molecular formula is C21H22O10. The average molecular weight is 434 g/mol. The van der Waals surface area contributed by atoms with Crippen LogP contribution in [-0.4, -0.2) is 74.6 Å². The van der Waals surface area contributed by atoms with Crippen LogP contribution in [0, 0.1) is 0 Å². The molecular weight excluding hydrogens is 412 g/mol. The molecule has 0 amide bonds. The molecule has 10 heteroatoms. The fourth-order valence-corrected chi connectivity index (χ4v) is 4.22. The van der Waals surface area contributed by atoms with E-state index in [0.717, 1.165) is 0 Å². The van der Waals surface area contributed by atoms with Gasteiger partial charge in [0.25, 0.3) is 0 Å². The topological polar surface area (TPSA) is 158 Å². The Balaban J connectivity index is 1.39. The third-order valence-corrected chi connectivity index (χ3v) is 5.93. The van der Waals surface area contributed by atoms with Gasteiger partial charge in [-0.1, -0.05) is 0 Å². The Kier molecular flexibility index (Phi) is 4.74. The molecule has 3 heterocycles. The van der Waals surface area contributed by atoms with Crippen LogP contribution < -0.4 is 14.2 Å². The zero-order chi connectivity index (χ0) is 21.9. The van der Waals surface area contributed by atoms with Gasteiger partial charge in [0.1, 0.15) is 54.0 Å². The summed E-state index contributed by atoms with van der Waals surface area (Å²) in [4.78, 5) is 0. The van der Waals surface area contributed by atoms with Crippen molar-refractivity contribution in [3.8, 4) is 23.0 Å². The van der Waals surface area contributed by atoms with Gasteiger partial charge in [0.05, 0.1) is 6.61 Å². The minimum absolute atomic E-state index is 0.0189. The first-order chi connectivity index (χ1) is 14.8. The molecule has 0 unspecified atom stereocenters. The highest BCUT2D eigenvalue weighted by Crippen LogP contribution is 2.54. The second-order valence-corrected chi connectivity index (χ2v) is 7.91. The molecule has 2 aromatic rings. The highest BCUT2D eigenvalue weighted by atomic mass is 16.7. The molecule has 7 atom stereocenters. The van der Waals surface area contributed by atoms with Crippen molar-refractivity contribution in [3.63, 3.8) is 0 Å². The number of rotatable bonds is 3. The average Bonchev–Trinajstić information content (AvgIpc) is 3.06. The van der Waals surface area contributed by atoms with Gasteiger partial charge < -0.3 is 49.6 Å². The summed E-state index contributed by atoms with van der Waals surface area (Å²) in [6, 6.07) is 9.21. The lowest BCUT2D eigenvalue weighted by Crippen LogP contribution is -2.60. The van der Waals surface area contributed by atoms with Gasteiger partial charge in [-0.15, -0.1) is 0 Å². The molecule has 166 valence electrons. The van der Waals surface area contributed by atoms with E-state index in [9.17, 15) is 30.6 Å². The van der Waals surface area contributed by atoms with Gasteiger partial charge >= 0.3 is 0 Å². The van der Waals surface area contributed by atoms with Crippen LogP contribution in [0.4, 0.5) is 0 Å². The van der Waals surface area contributed by atoms with Crippen LogP contribution in [0.1, 0.15) is 17.2 Å². The Labute approximate surface area is 176 Å². The van der Waals surface area contributed by atoms with Crippen molar-refractivity contribution in [1.29, 1.82) is 0 Å². The first-order valence-corrected chi connectivity index (χ1v) is 9.78. The molecule has 0 radical (unpaired) electrons. The molecule has 0 aromatic heterocycles. The van der Waals surface area contributed by atoms with E-state index in [1.54, 1.807) is 18.2 Å². The summed E-state index contributed by atoms with van der Waals surface area (Å²) in [5.74, 6) is 1.01. The number of phenols is 1. The van der Waals surface area contributed by atoms with E-state index in [2.05, 4.69) is 0 Å². The Morgan fingerprint density at radius 3 is 2.58 bits per heavy atom. The Hall–Kier alpha value is -2.60. The van der Waals surface area contributed by atoms with Crippen LogP contribution in [0.25, 0.3) is 0 Å². The monoisotopic (exact) mass is 434 g/mol. The molecule has 0 bridgehead atoms. The molecule has 10 nitrogen and oxygen atoms in total. The van der Waals surface area contributed by atoms with Gasteiger partial charge in [-0.3, -0.25) is 0 Å². The SMILES string of the molecule is OC[C@H]1O[C@@H](Oc2ccc3c(c2)OC[C@@]2(O)c4ccc(O)cc4O[C@@H]32)[C@H](O)[C@@H](O)[C@@H]1O. The van der Waals surface area contributed by atoms with Crippen LogP contribution in [0.2, 0.25) is 0 Å². The summed E-state index contributed by atoms with van der Waals surface area (Å²) >= 11 is 0. The Morgan fingerprint density at radius 1 is 1.00 bits per heavy atom. The maximum absolute atomic E-state index is 11.2. The van der Waals surface area contributed by atoms with Crippen molar-refractivity contribution in [1.82, 2.24) is 0 Å². The minimum Gasteiger partial charge on any atom is -0.508 e. The third-order valence-electron chi connectivity index (χ3n) is 5.93. The van der Waals surface area contributed by atoms with E-state index >= 15 is 0 Å². The molecule has 31 heavy (non-hydrogen) atoms. The predicted molar refractivity (Wildman–Crippen MR) is 102 cm³/mol. The molecule has 5 rings (SSSR count). The summed E-state index contributed by atoms with van der Waals surface area (Å²) in [7, 11) is 0. The van der Waals surface area contributed by atoms with Gasteiger partial charge in [0.2, 0.25) is 6.29 Å². The second kappa shape index (κ2) is 7.23. The number of phenolic OH excluding ortho intramolecular Hbond substituents is 1. The number of benzene rings is 2. The summed E-state index contributed by atoms with van der Waals surface area (Å²) in [5.41, 5.74) is -0.344. The maximum Gasteiger partial charge on any atom is 0.229 e. The van der Waals surface area contributed by atoms with Crippen molar-refractivity contribution < 1.29 is 49.6 Å². The van der Waals surface area contributed by atoms with E-state index < -0.39 is 49.0 Å². The number of aliphatic hydroxyl groups is 5. The van der Waals surface area contributed by atoms with E-state index in [0.29, 0.717) is 22.6 Å². The van der Waals surface area contributed by atoms with E-state index in [-0.39, 0.29) is 18.1 Å². The summed E-state index contributed by atoms with van der Waals surface area (Å²) in [6.45, 7) is -0.655. The predicted octanol–water partition coefficient (Wildman–Crippen LogP) is -0.715. The largest absolute Gasteiger partial charge is 0.508 e. The lowest BCUT2D eigenvalue weighted by Gasteiger charge is -2.39. The maximum atomic E-state index is 11.2. The van der Waals surface area contributed by atoms with Gasteiger partial charge in [-0.25, -0.2) is 0 Å². The number of fused-ring (bicyclic) bond motifs is 5. The quantitative estimate of drug-likeness (QED) is 0.364. The zero-order valence-corrected chi connectivity index (χ0v) is 16.2. The van der Waals surface area contributed by atoms with E-state index in [1.807, 2.05) is 0 Å². The number of hydrogen-bond acceptors (Lipinski definition) is 10. The molecule has 0 spiro atoms. The van der Waals surface area contributed by atoms with Crippen molar-refractivity contribution >= 4 is 0 Å². The van der Waals surface area contributed by atoms with Crippen molar-refractivity contribution in [2.24, 2.45) is 0 Å². The van der Waals surface area contributed by atoms with E-state index in [4.69, 9.17) is 18.9 Å². The number of aromatic hydroxyl groups is 1. The Bertz CT molecular complexity index is 994. The Morgan fingerprint density at radius 2 is 1.81 bits per heavy atom. The fourth-order valence-electron chi connectivity index (χ4n) is 4.22. The molecule has 2 aromatic carbocycles. The van der Waals surface area contributed by atoms with Gasteiger partial charge in [-0.05, 0) is 24.3 Å². The third kappa shape index (κ3) is 3.11. The standard InChI is InChI=1S/C21H22O10/c22-7-15-16(24)17(25)18(26)20(31-15)29-10-2-3-11-13(6-10)28-8-21(27)12-4-1-9(23)5-14(12)30-19(11)21/h1-6,15-20,22-27H,7-8H2/t15-,16-,17+,18-,19+,20-,21-/m1/s1. The van der Waals surface area contributed by atoms with Gasteiger partial charge in [0, 0.05) is 23.3 Å². The number of hydrogen-bond donors (Lipinski definition) is 6. The normalized spacial score (nSPS) is 35.9. The second-order valence-electron chi connectivity index (χ2n) is 7.91. The van der Waals surface area contributed by atoms with Crippen LogP contribution in [-0.2, 0) is 10.3 Å². The molecule has 6 N–H and O–H groups in total. The molecule has 1 fully saturated rings. The number of ether oxygens (including phenoxy) is 4. The zero-order valence-electron chi connectivity index (χ0n) is 16.2. The summed E-state index contributed by atoms with van der Waals surface area (Å²) in [5, 5.41) is 60.1. The van der Waals surface area contributed by atoms with E-state index in [1.165, 1.54) is 18.2 Å². The molecule has 3 aliphatic heterocycles. The van der Waals surface area contributed by atoms with Gasteiger partial charge in [0.15, 0.2) is 11.7 Å². The first-order valence-electron chi connectivity index (χ1n) is 9.78. The summed E-state index contributed by atoms with van der Waals surface area (Å²) in [6.07, 6.45) is -7.75. The lowest BCUT2D eigenvalue weighted by molar-refractivity contribution is -0.277. The smallest absolute Gasteiger partial charge is 0.229 e. The molecule has 3 aliphatic rings. The van der Waals surface area contributed by atoms with Crippen LogP contribution in [0.5, 0.6) is 23.0 Å². The number of aliphatic hydroxyl groups excluding tert-OH is 4. The van der Waals surface area contributed by atoms with Crippen molar-refractivity contribution in [3.05, 3.63) is 47.5 Å². The molecule has 1 saturated heterocycles.